The maximum Gasteiger partial charge on any atom is 0.410 e. The minimum absolute atomic E-state index is 0.0771. The molecule has 1 N–H and O–H groups in total. The Balaban J connectivity index is 1.74. The van der Waals surface area contributed by atoms with E-state index in [1.165, 1.54) is 44.1 Å². The summed E-state index contributed by atoms with van der Waals surface area (Å²) in [5.74, 6) is 0. The number of aliphatic hydroxyl groups excluding tert-OH is 1. The van der Waals surface area contributed by atoms with Crippen LogP contribution in [0, 0.1) is 0 Å². The minimum Gasteiger partial charge on any atom is -0.444 e. The summed E-state index contributed by atoms with van der Waals surface area (Å²) in [7, 11) is 0. The summed E-state index contributed by atoms with van der Waals surface area (Å²) >= 11 is 0. The van der Waals surface area contributed by atoms with E-state index in [9.17, 15) is 9.90 Å². The van der Waals surface area contributed by atoms with Crippen molar-refractivity contribution in [2.24, 2.45) is 0 Å². The van der Waals surface area contributed by atoms with Gasteiger partial charge in [-0.3, -0.25) is 0 Å². The van der Waals surface area contributed by atoms with Crippen LogP contribution < -0.4 is 0 Å². The van der Waals surface area contributed by atoms with Crippen molar-refractivity contribution < 1.29 is 19.4 Å². The van der Waals surface area contributed by atoms with E-state index in [0.29, 0.717) is 19.6 Å². The molecule has 5 nitrogen and oxygen atoms in total. The second-order valence-electron chi connectivity index (χ2n) is 9.47. The molecule has 170 valence electrons. The zero-order valence-electron chi connectivity index (χ0n) is 19.4. The van der Waals surface area contributed by atoms with Crippen LogP contribution in [0.2, 0.25) is 0 Å². The van der Waals surface area contributed by atoms with Gasteiger partial charge in [0.1, 0.15) is 5.60 Å². The SMILES string of the molecule is CCCCCCCCc1ccc(CO[C@H]2C[C@H](CO)N(C(=O)OC(C)(C)C)C2)cc1. The van der Waals surface area contributed by atoms with Crippen LogP contribution in [0.25, 0.3) is 0 Å². The molecule has 0 saturated carbocycles. The number of amides is 1. The molecule has 30 heavy (non-hydrogen) atoms. The number of aliphatic hydroxyl groups is 1. The smallest absolute Gasteiger partial charge is 0.410 e. The van der Waals surface area contributed by atoms with Crippen LogP contribution in [-0.2, 0) is 22.5 Å². The zero-order valence-corrected chi connectivity index (χ0v) is 19.4. The van der Waals surface area contributed by atoms with Gasteiger partial charge in [0.05, 0.1) is 31.9 Å². The van der Waals surface area contributed by atoms with Crippen LogP contribution in [0.1, 0.15) is 83.8 Å². The molecule has 0 radical (unpaired) electrons. The molecule has 1 heterocycles. The number of hydrogen-bond donors (Lipinski definition) is 1. The highest BCUT2D eigenvalue weighted by Crippen LogP contribution is 2.24. The zero-order chi connectivity index (χ0) is 22.0. The lowest BCUT2D eigenvalue weighted by Gasteiger charge is -2.27. The number of nitrogens with zero attached hydrogens (tertiary/aromatic N) is 1. The van der Waals surface area contributed by atoms with Crippen molar-refractivity contribution in [2.45, 2.75) is 103 Å². The van der Waals surface area contributed by atoms with E-state index in [1.54, 1.807) is 4.90 Å². The van der Waals surface area contributed by atoms with Gasteiger partial charge in [-0.15, -0.1) is 0 Å². The van der Waals surface area contributed by atoms with Gasteiger partial charge in [-0.1, -0.05) is 63.3 Å². The number of hydrogen-bond acceptors (Lipinski definition) is 4. The standard InChI is InChI=1S/C25H41NO4/c1-5-6-7-8-9-10-11-20-12-14-21(15-13-20)19-29-23-16-22(18-27)26(17-23)24(28)30-25(2,3)4/h12-15,22-23,27H,5-11,16-19H2,1-4H3/t22-,23+/m1/s1. The number of benzene rings is 1. The molecule has 1 aliphatic rings. The van der Waals surface area contributed by atoms with Crippen LogP contribution in [0.4, 0.5) is 4.79 Å². The summed E-state index contributed by atoms with van der Waals surface area (Å²) in [4.78, 5) is 14.0. The van der Waals surface area contributed by atoms with E-state index >= 15 is 0 Å². The van der Waals surface area contributed by atoms with Crippen molar-refractivity contribution in [2.75, 3.05) is 13.2 Å². The molecule has 0 spiro atoms. The van der Waals surface area contributed by atoms with E-state index in [2.05, 4.69) is 31.2 Å². The quantitative estimate of drug-likeness (QED) is 0.483. The molecule has 1 aromatic carbocycles. The Labute approximate surface area is 182 Å². The first-order valence-electron chi connectivity index (χ1n) is 11.6. The Kier molecular flexibility index (Phi) is 10.1. The second kappa shape index (κ2) is 12.3. The molecule has 0 aromatic heterocycles. The van der Waals surface area contributed by atoms with Crippen molar-refractivity contribution in [1.29, 1.82) is 0 Å². The van der Waals surface area contributed by atoms with Crippen molar-refractivity contribution in [3.8, 4) is 0 Å². The predicted octanol–water partition coefficient (Wildman–Crippen LogP) is 5.48. The Morgan fingerprint density at radius 2 is 1.70 bits per heavy atom. The highest BCUT2D eigenvalue weighted by Gasteiger charge is 2.37. The molecule has 2 atom stereocenters. The largest absolute Gasteiger partial charge is 0.444 e. The lowest BCUT2D eigenvalue weighted by atomic mass is 10.0. The molecular formula is C25H41NO4. The van der Waals surface area contributed by atoms with Gasteiger partial charge in [-0.05, 0) is 51.2 Å². The van der Waals surface area contributed by atoms with Gasteiger partial charge < -0.3 is 19.5 Å². The molecule has 1 aliphatic heterocycles. The number of unbranched alkanes of at least 4 members (excludes halogenated alkanes) is 5. The summed E-state index contributed by atoms with van der Waals surface area (Å²) in [6.07, 6.45) is 9.22. The fraction of sp³-hybridized carbons (Fsp3) is 0.720. The number of rotatable bonds is 11. The topological polar surface area (TPSA) is 59.0 Å². The average Bonchev–Trinajstić information content (AvgIpc) is 3.12. The third-order valence-electron chi connectivity index (χ3n) is 5.54. The normalized spacial score (nSPS) is 19.3. The van der Waals surface area contributed by atoms with Gasteiger partial charge in [0.15, 0.2) is 0 Å². The summed E-state index contributed by atoms with van der Waals surface area (Å²) in [6.45, 7) is 8.68. The lowest BCUT2D eigenvalue weighted by Crippen LogP contribution is -2.41. The molecule has 0 bridgehead atoms. The molecular weight excluding hydrogens is 378 g/mol. The molecule has 1 aromatic rings. The first-order chi connectivity index (χ1) is 14.3. The van der Waals surface area contributed by atoms with E-state index in [1.807, 2.05) is 20.8 Å². The lowest BCUT2D eigenvalue weighted by molar-refractivity contribution is 0.0120. The molecule has 1 saturated heterocycles. The van der Waals surface area contributed by atoms with Crippen LogP contribution >= 0.6 is 0 Å². The van der Waals surface area contributed by atoms with E-state index < -0.39 is 5.60 Å². The van der Waals surface area contributed by atoms with Gasteiger partial charge in [0, 0.05) is 0 Å². The number of carbonyl (C=O) groups is 1. The fourth-order valence-corrected chi connectivity index (χ4v) is 3.84. The molecule has 0 aliphatic carbocycles. The van der Waals surface area contributed by atoms with Gasteiger partial charge in [-0.25, -0.2) is 4.79 Å². The Hall–Kier alpha value is -1.59. The summed E-state index contributed by atoms with van der Waals surface area (Å²) in [5, 5.41) is 9.64. The first kappa shape index (κ1) is 24.7. The van der Waals surface area contributed by atoms with Gasteiger partial charge in [-0.2, -0.15) is 0 Å². The molecule has 1 fully saturated rings. The Bertz CT molecular complexity index is 623. The molecule has 0 unspecified atom stereocenters. The maximum atomic E-state index is 12.4. The van der Waals surface area contributed by atoms with Crippen LogP contribution in [-0.4, -0.2) is 47.0 Å². The summed E-state index contributed by atoms with van der Waals surface area (Å²) in [5.41, 5.74) is 1.97. The monoisotopic (exact) mass is 419 g/mol. The van der Waals surface area contributed by atoms with E-state index in [4.69, 9.17) is 9.47 Å². The minimum atomic E-state index is -0.548. The Morgan fingerprint density at radius 1 is 1.07 bits per heavy atom. The maximum absolute atomic E-state index is 12.4. The second-order valence-corrected chi connectivity index (χ2v) is 9.47. The van der Waals surface area contributed by atoms with Gasteiger partial charge in [0.25, 0.3) is 0 Å². The van der Waals surface area contributed by atoms with Crippen molar-refractivity contribution in [1.82, 2.24) is 4.90 Å². The highest BCUT2D eigenvalue weighted by molar-refractivity contribution is 5.69. The van der Waals surface area contributed by atoms with E-state index in [-0.39, 0.29) is 24.8 Å². The number of ether oxygens (including phenoxy) is 2. The number of carbonyl (C=O) groups excluding carboxylic acids is 1. The predicted molar refractivity (Wildman–Crippen MR) is 121 cm³/mol. The third kappa shape index (κ3) is 8.65. The summed E-state index contributed by atoms with van der Waals surface area (Å²) < 4.78 is 11.5. The van der Waals surface area contributed by atoms with Crippen LogP contribution in [0.5, 0.6) is 0 Å². The van der Waals surface area contributed by atoms with Crippen LogP contribution in [0.15, 0.2) is 24.3 Å². The Morgan fingerprint density at radius 3 is 2.33 bits per heavy atom. The molecule has 1 amide bonds. The molecule has 5 heteroatoms. The fourth-order valence-electron chi connectivity index (χ4n) is 3.84. The van der Waals surface area contributed by atoms with Crippen molar-refractivity contribution >= 4 is 6.09 Å². The summed E-state index contributed by atoms with van der Waals surface area (Å²) in [6, 6.07) is 8.42. The number of aryl methyl sites for hydroxylation is 1. The van der Waals surface area contributed by atoms with Crippen molar-refractivity contribution in [3.05, 3.63) is 35.4 Å². The number of likely N-dealkylation sites (tertiary alicyclic amines) is 1. The van der Waals surface area contributed by atoms with Gasteiger partial charge in [0.2, 0.25) is 0 Å². The first-order valence-corrected chi connectivity index (χ1v) is 11.6. The third-order valence-corrected chi connectivity index (χ3v) is 5.54. The van der Waals surface area contributed by atoms with Gasteiger partial charge >= 0.3 is 6.09 Å². The van der Waals surface area contributed by atoms with Crippen LogP contribution in [0.3, 0.4) is 0 Å². The van der Waals surface area contributed by atoms with Crippen molar-refractivity contribution in [3.63, 3.8) is 0 Å². The molecule has 2 rings (SSSR count). The van der Waals surface area contributed by atoms with E-state index in [0.717, 1.165) is 12.0 Å². The average molecular weight is 420 g/mol. The highest BCUT2D eigenvalue weighted by atomic mass is 16.6.